The van der Waals surface area contributed by atoms with Crippen LogP contribution in [0.2, 0.25) is 0 Å². The molecule has 2 rings (SSSR count). The van der Waals surface area contributed by atoms with Crippen molar-refractivity contribution in [1.82, 2.24) is 4.98 Å². The number of rotatable bonds is 9. The van der Waals surface area contributed by atoms with Crippen LogP contribution in [0, 0.1) is 5.92 Å². The van der Waals surface area contributed by atoms with E-state index in [-0.39, 0.29) is 0 Å². The molecule has 5 heteroatoms. The van der Waals surface area contributed by atoms with Crippen LogP contribution in [0.3, 0.4) is 0 Å². The first-order valence-electron chi connectivity index (χ1n) is 6.91. The van der Waals surface area contributed by atoms with E-state index in [2.05, 4.69) is 16.6 Å². The molecule has 19 heavy (non-hydrogen) atoms. The summed E-state index contributed by atoms with van der Waals surface area (Å²) in [7, 11) is 0. The van der Waals surface area contributed by atoms with Crippen molar-refractivity contribution in [3.8, 4) is 5.88 Å². The molecule has 1 saturated carbocycles. The Kier molecular flexibility index (Phi) is 5.63. The lowest BCUT2D eigenvalue weighted by Gasteiger charge is -2.10. The maximum absolute atomic E-state index is 5.87. The monoisotopic (exact) mass is 281 g/mol. The van der Waals surface area contributed by atoms with Crippen LogP contribution in [0.5, 0.6) is 5.88 Å². The van der Waals surface area contributed by atoms with Gasteiger partial charge >= 0.3 is 0 Å². The quantitative estimate of drug-likeness (QED) is 0.681. The summed E-state index contributed by atoms with van der Waals surface area (Å²) in [6.45, 7) is 1.69. The van der Waals surface area contributed by atoms with Gasteiger partial charge in [-0.1, -0.05) is 0 Å². The van der Waals surface area contributed by atoms with Gasteiger partial charge in [-0.15, -0.1) is 0 Å². The fourth-order valence-corrected chi connectivity index (χ4v) is 2.23. The van der Waals surface area contributed by atoms with E-state index in [4.69, 9.17) is 10.5 Å². The second-order valence-electron chi connectivity index (χ2n) is 4.97. The molecule has 0 saturated heterocycles. The second kappa shape index (κ2) is 7.48. The van der Waals surface area contributed by atoms with Crippen molar-refractivity contribution in [2.75, 3.05) is 36.2 Å². The number of unbranched alkanes of at least 4 members (excludes halogenated alkanes) is 1. The first kappa shape index (κ1) is 14.3. The van der Waals surface area contributed by atoms with Crippen LogP contribution in [0.4, 0.5) is 11.5 Å². The maximum atomic E-state index is 5.87. The van der Waals surface area contributed by atoms with E-state index >= 15 is 0 Å². The number of nitrogen functional groups attached to an aromatic ring is 1. The van der Waals surface area contributed by atoms with Crippen LogP contribution in [-0.4, -0.2) is 30.1 Å². The van der Waals surface area contributed by atoms with Crippen molar-refractivity contribution in [2.45, 2.75) is 25.7 Å². The van der Waals surface area contributed by atoms with E-state index < -0.39 is 0 Å². The molecule has 0 aromatic carbocycles. The molecule has 1 aromatic rings. The Bertz CT molecular complexity index is 396. The molecule has 1 fully saturated rings. The molecule has 0 amide bonds. The number of nitrogens with two attached hydrogens (primary N) is 1. The lowest BCUT2D eigenvalue weighted by molar-refractivity contribution is 0.290. The number of anilines is 2. The predicted molar refractivity (Wildman–Crippen MR) is 83.0 cm³/mol. The molecule has 0 aliphatic heterocycles. The molecule has 4 nitrogen and oxygen atoms in total. The third-order valence-electron chi connectivity index (χ3n) is 3.12. The third-order valence-corrected chi connectivity index (χ3v) is 3.82. The Hall–Kier alpha value is -1.10. The Morgan fingerprint density at radius 2 is 2.26 bits per heavy atom. The van der Waals surface area contributed by atoms with Gasteiger partial charge in [0.2, 0.25) is 5.88 Å². The van der Waals surface area contributed by atoms with Gasteiger partial charge in [0.05, 0.1) is 12.3 Å². The minimum atomic E-state index is 0.570. The zero-order chi connectivity index (χ0) is 13.5. The lowest BCUT2D eigenvalue weighted by Crippen LogP contribution is -2.07. The summed E-state index contributed by atoms with van der Waals surface area (Å²) in [6, 6.07) is 3.77. The number of pyridine rings is 1. The van der Waals surface area contributed by atoms with Crippen molar-refractivity contribution >= 4 is 23.3 Å². The van der Waals surface area contributed by atoms with Crippen molar-refractivity contribution in [3.05, 3.63) is 12.1 Å². The third kappa shape index (κ3) is 5.19. The van der Waals surface area contributed by atoms with Crippen LogP contribution in [0.15, 0.2) is 12.1 Å². The Labute approximate surface area is 119 Å². The van der Waals surface area contributed by atoms with Crippen molar-refractivity contribution in [2.24, 2.45) is 5.92 Å². The fraction of sp³-hybridized carbons (Fsp3) is 0.643. The van der Waals surface area contributed by atoms with Gasteiger partial charge in [0.1, 0.15) is 5.82 Å². The molecule has 1 heterocycles. The number of nitrogens with one attached hydrogen (secondary N) is 1. The van der Waals surface area contributed by atoms with E-state index in [0.29, 0.717) is 17.5 Å². The smallest absolute Gasteiger partial charge is 0.239 e. The summed E-state index contributed by atoms with van der Waals surface area (Å²) in [5, 5.41) is 3.32. The normalized spacial score (nSPS) is 14.4. The van der Waals surface area contributed by atoms with E-state index in [9.17, 15) is 0 Å². The molecule has 106 valence electrons. The van der Waals surface area contributed by atoms with Crippen LogP contribution >= 0.6 is 11.8 Å². The number of nitrogens with zero attached hydrogens (tertiary/aromatic N) is 1. The molecule has 1 aromatic heterocycles. The van der Waals surface area contributed by atoms with Crippen molar-refractivity contribution in [3.63, 3.8) is 0 Å². The Balaban J connectivity index is 1.77. The Morgan fingerprint density at radius 3 is 3.00 bits per heavy atom. The molecule has 1 aliphatic carbocycles. The van der Waals surface area contributed by atoms with Crippen molar-refractivity contribution < 1.29 is 4.74 Å². The molecule has 0 bridgehead atoms. The second-order valence-corrected chi connectivity index (χ2v) is 5.96. The highest BCUT2D eigenvalue weighted by atomic mass is 32.2. The van der Waals surface area contributed by atoms with Crippen molar-refractivity contribution in [1.29, 1.82) is 0 Å². The molecule has 0 radical (unpaired) electrons. The van der Waals surface area contributed by atoms with Crippen LogP contribution in [0.25, 0.3) is 0 Å². The largest absolute Gasteiger partial charge is 0.476 e. The Morgan fingerprint density at radius 1 is 1.42 bits per heavy atom. The minimum Gasteiger partial charge on any atom is -0.476 e. The van der Waals surface area contributed by atoms with Gasteiger partial charge in [-0.05, 0) is 55.7 Å². The van der Waals surface area contributed by atoms with E-state index in [1.807, 2.05) is 23.9 Å². The number of hydrogen-bond donors (Lipinski definition) is 2. The number of ether oxygens (including phenoxy) is 1. The highest BCUT2D eigenvalue weighted by Gasteiger charge is 2.22. The van der Waals surface area contributed by atoms with E-state index in [1.165, 1.54) is 25.0 Å². The summed E-state index contributed by atoms with van der Waals surface area (Å²) in [5.41, 5.74) is 6.49. The van der Waals surface area contributed by atoms with Crippen LogP contribution < -0.4 is 15.8 Å². The first-order chi connectivity index (χ1) is 9.29. The highest BCUT2D eigenvalue weighted by Crippen LogP contribution is 2.30. The number of hydrogen-bond acceptors (Lipinski definition) is 5. The van der Waals surface area contributed by atoms with E-state index in [1.54, 1.807) is 0 Å². The summed E-state index contributed by atoms with van der Waals surface area (Å²) in [6.07, 6.45) is 7.07. The van der Waals surface area contributed by atoms with Gasteiger partial charge in [0, 0.05) is 6.54 Å². The zero-order valence-electron chi connectivity index (χ0n) is 11.5. The average molecular weight is 281 g/mol. The van der Waals surface area contributed by atoms with Crippen LogP contribution in [0.1, 0.15) is 25.7 Å². The fourth-order valence-electron chi connectivity index (χ4n) is 1.73. The minimum absolute atomic E-state index is 0.570. The van der Waals surface area contributed by atoms with Crippen LogP contribution in [-0.2, 0) is 0 Å². The SMILES string of the molecule is CSCCCCNc1ccc(N)c(OCC2CC2)n1. The maximum Gasteiger partial charge on any atom is 0.239 e. The predicted octanol–water partition coefficient (Wildman–Crippen LogP) is 3.01. The highest BCUT2D eigenvalue weighted by molar-refractivity contribution is 7.98. The molecule has 0 spiro atoms. The number of aromatic nitrogens is 1. The first-order valence-corrected chi connectivity index (χ1v) is 8.31. The number of thioether (sulfide) groups is 1. The van der Waals surface area contributed by atoms with Gasteiger partial charge in [0.15, 0.2) is 0 Å². The summed E-state index contributed by atoms with van der Waals surface area (Å²) in [4.78, 5) is 4.43. The average Bonchev–Trinajstić information content (AvgIpc) is 3.23. The van der Waals surface area contributed by atoms with Gasteiger partial charge in [-0.2, -0.15) is 16.7 Å². The molecule has 1 aliphatic rings. The van der Waals surface area contributed by atoms with Gasteiger partial charge < -0.3 is 15.8 Å². The summed E-state index contributed by atoms with van der Waals surface area (Å²) in [5.74, 6) is 3.35. The summed E-state index contributed by atoms with van der Waals surface area (Å²) >= 11 is 1.89. The van der Waals surface area contributed by atoms with E-state index in [0.717, 1.165) is 25.4 Å². The zero-order valence-corrected chi connectivity index (χ0v) is 12.3. The summed E-state index contributed by atoms with van der Waals surface area (Å²) < 4.78 is 5.67. The molecule has 0 unspecified atom stereocenters. The molecular formula is C14H23N3OS. The molecule has 3 N–H and O–H groups in total. The topological polar surface area (TPSA) is 60.2 Å². The molecule has 0 atom stereocenters. The van der Waals surface area contributed by atoms with Gasteiger partial charge in [-0.3, -0.25) is 0 Å². The molecular weight excluding hydrogens is 258 g/mol. The standard InChI is InChI=1S/C14H23N3OS/c1-19-9-3-2-8-16-13-7-6-12(15)14(17-13)18-10-11-4-5-11/h6-7,11H,2-5,8-10,15H2,1H3,(H,16,17). The lowest BCUT2D eigenvalue weighted by atomic mass is 10.3. The van der Waals surface area contributed by atoms with Gasteiger partial charge in [-0.25, -0.2) is 0 Å². The van der Waals surface area contributed by atoms with Gasteiger partial charge in [0.25, 0.3) is 0 Å².